The van der Waals surface area contributed by atoms with E-state index in [9.17, 15) is 0 Å². The highest BCUT2D eigenvalue weighted by Gasteiger charge is 2.11. The maximum Gasteiger partial charge on any atom is 0.262 e. The molecule has 0 radical (unpaired) electrons. The first-order chi connectivity index (χ1) is 8.83. The zero-order valence-electron chi connectivity index (χ0n) is 11.5. The summed E-state index contributed by atoms with van der Waals surface area (Å²) in [4.78, 5) is 8.16. The van der Waals surface area contributed by atoms with Crippen molar-refractivity contribution in [3.63, 3.8) is 0 Å². The maximum atomic E-state index is 5.63. The smallest absolute Gasteiger partial charge is 0.262 e. The fraction of sp³-hybridized carbons (Fsp3) is 0.692. The minimum absolute atomic E-state index is 0.507. The molecule has 18 heavy (non-hydrogen) atoms. The third-order valence-corrected chi connectivity index (χ3v) is 2.70. The molecule has 0 saturated carbocycles. The Morgan fingerprint density at radius 1 is 1.17 bits per heavy atom. The van der Waals surface area contributed by atoms with Gasteiger partial charge in [0.25, 0.3) is 5.88 Å². The average Bonchev–Trinajstić information content (AvgIpc) is 2.42. The van der Waals surface area contributed by atoms with Gasteiger partial charge in [0.2, 0.25) is 5.75 Å². The number of nitrogens with one attached hydrogen (secondary N) is 1. The lowest BCUT2D eigenvalue weighted by Gasteiger charge is -2.11. The SMILES string of the molecule is CCCCCCCOc1ncnc(NC)c1OC. The summed E-state index contributed by atoms with van der Waals surface area (Å²) in [5.74, 6) is 1.72. The summed E-state index contributed by atoms with van der Waals surface area (Å²) in [6, 6.07) is 0. The lowest BCUT2D eigenvalue weighted by Crippen LogP contribution is -2.04. The Bertz CT molecular complexity index is 345. The molecule has 0 bridgehead atoms. The van der Waals surface area contributed by atoms with Gasteiger partial charge in [-0.15, -0.1) is 0 Å². The van der Waals surface area contributed by atoms with Gasteiger partial charge in [-0.3, -0.25) is 0 Å². The van der Waals surface area contributed by atoms with Crippen LogP contribution in [0.1, 0.15) is 39.0 Å². The first kappa shape index (κ1) is 14.5. The van der Waals surface area contributed by atoms with E-state index in [4.69, 9.17) is 9.47 Å². The summed E-state index contributed by atoms with van der Waals surface area (Å²) in [7, 11) is 3.38. The molecule has 0 amide bonds. The molecule has 0 spiro atoms. The van der Waals surface area contributed by atoms with Crippen LogP contribution in [0.2, 0.25) is 0 Å². The van der Waals surface area contributed by atoms with Crippen molar-refractivity contribution in [2.24, 2.45) is 0 Å². The van der Waals surface area contributed by atoms with Crippen molar-refractivity contribution in [3.05, 3.63) is 6.33 Å². The molecule has 0 atom stereocenters. The first-order valence-electron chi connectivity index (χ1n) is 6.53. The van der Waals surface area contributed by atoms with Gasteiger partial charge in [-0.1, -0.05) is 32.6 Å². The Morgan fingerprint density at radius 3 is 2.61 bits per heavy atom. The number of methoxy groups -OCH3 is 1. The molecule has 1 aromatic rings. The van der Waals surface area contributed by atoms with Crippen LogP contribution in [0.4, 0.5) is 5.82 Å². The van der Waals surface area contributed by atoms with E-state index in [-0.39, 0.29) is 0 Å². The van der Waals surface area contributed by atoms with Gasteiger partial charge in [0.1, 0.15) is 6.33 Å². The zero-order chi connectivity index (χ0) is 13.2. The highest BCUT2D eigenvalue weighted by molar-refractivity contribution is 5.54. The Hall–Kier alpha value is -1.52. The second-order valence-corrected chi connectivity index (χ2v) is 4.07. The number of nitrogens with zero attached hydrogens (tertiary/aromatic N) is 2. The van der Waals surface area contributed by atoms with Crippen molar-refractivity contribution in [2.75, 3.05) is 26.1 Å². The van der Waals surface area contributed by atoms with Gasteiger partial charge in [0, 0.05) is 7.05 Å². The number of hydrogen-bond donors (Lipinski definition) is 1. The number of ether oxygens (including phenoxy) is 2. The molecule has 0 aliphatic heterocycles. The van der Waals surface area contributed by atoms with E-state index in [2.05, 4.69) is 22.2 Å². The van der Waals surface area contributed by atoms with Gasteiger partial charge >= 0.3 is 0 Å². The first-order valence-corrected chi connectivity index (χ1v) is 6.53. The van der Waals surface area contributed by atoms with Gasteiger partial charge < -0.3 is 14.8 Å². The van der Waals surface area contributed by atoms with Crippen LogP contribution in [-0.2, 0) is 0 Å². The van der Waals surface area contributed by atoms with Crippen LogP contribution >= 0.6 is 0 Å². The molecule has 1 rings (SSSR count). The third kappa shape index (κ3) is 4.39. The Kier molecular flexibility index (Phi) is 6.91. The molecule has 0 aliphatic carbocycles. The molecule has 1 heterocycles. The van der Waals surface area contributed by atoms with E-state index in [1.165, 1.54) is 32.0 Å². The summed E-state index contributed by atoms with van der Waals surface area (Å²) >= 11 is 0. The van der Waals surface area contributed by atoms with Crippen molar-refractivity contribution < 1.29 is 9.47 Å². The molecule has 1 aromatic heterocycles. The average molecular weight is 253 g/mol. The summed E-state index contributed by atoms with van der Waals surface area (Å²) in [6.45, 7) is 2.88. The van der Waals surface area contributed by atoms with Crippen LogP contribution in [0.5, 0.6) is 11.6 Å². The molecule has 5 heteroatoms. The number of anilines is 1. The lowest BCUT2D eigenvalue weighted by molar-refractivity contribution is 0.273. The molecule has 5 nitrogen and oxygen atoms in total. The quantitative estimate of drug-likeness (QED) is 0.686. The molecule has 0 unspecified atom stereocenters. The Morgan fingerprint density at radius 2 is 1.94 bits per heavy atom. The molecule has 0 saturated heterocycles. The van der Waals surface area contributed by atoms with E-state index in [1.54, 1.807) is 14.2 Å². The molecule has 0 aromatic carbocycles. The minimum atomic E-state index is 0.507. The second kappa shape index (κ2) is 8.55. The predicted octanol–water partition coefficient (Wildman–Crippen LogP) is 2.88. The van der Waals surface area contributed by atoms with Crippen LogP contribution < -0.4 is 14.8 Å². The second-order valence-electron chi connectivity index (χ2n) is 4.07. The van der Waals surface area contributed by atoms with Gasteiger partial charge in [0.05, 0.1) is 13.7 Å². The van der Waals surface area contributed by atoms with E-state index < -0.39 is 0 Å². The summed E-state index contributed by atoms with van der Waals surface area (Å²) in [6.07, 6.45) is 7.53. The van der Waals surface area contributed by atoms with Crippen LogP contribution in [0, 0.1) is 0 Å². The normalized spacial score (nSPS) is 10.2. The zero-order valence-corrected chi connectivity index (χ0v) is 11.5. The molecular weight excluding hydrogens is 230 g/mol. The summed E-state index contributed by atoms with van der Waals surface area (Å²) in [5.41, 5.74) is 0. The Labute approximate surface area is 109 Å². The lowest BCUT2D eigenvalue weighted by atomic mass is 10.2. The van der Waals surface area contributed by atoms with Gasteiger partial charge in [0.15, 0.2) is 5.82 Å². The van der Waals surface area contributed by atoms with Crippen LogP contribution in [0.25, 0.3) is 0 Å². The third-order valence-electron chi connectivity index (χ3n) is 2.70. The highest BCUT2D eigenvalue weighted by atomic mass is 16.5. The van der Waals surface area contributed by atoms with Gasteiger partial charge in [-0.05, 0) is 6.42 Å². The van der Waals surface area contributed by atoms with Crippen molar-refractivity contribution >= 4 is 5.82 Å². The predicted molar refractivity (Wildman–Crippen MR) is 72.4 cm³/mol. The van der Waals surface area contributed by atoms with Crippen molar-refractivity contribution in [2.45, 2.75) is 39.0 Å². The minimum Gasteiger partial charge on any atom is -0.489 e. The number of aromatic nitrogens is 2. The maximum absolute atomic E-state index is 5.63. The van der Waals surface area contributed by atoms with Gasteiger partial charge in [-0.25, -0.2) is 4.98 Å². The topological polar surface area (TPSA) is 56.3 Å². The van der Waals surface area contributed by atoms with Crippen molar-refractivity contribution in [1.82, 2.24) is 9.97 Å². The van der Waals surface area contributed by atoms with Crippen LogP contribution in [-0.4, -0.2) is 30.7 Å². The van der Waals surface area contributed by atoms with E-state index >= 15 is 0 Å². The molecule has 0 aliphatic rings. The van der Waals surface area contributed by atoms with Crippen molar-refractivity contribution in [3.8, 4) is 11.6 Å². The van der Waals surface area contributed by atoms with Gasteiger partial charge in [-0.2, -0.15) is 4.98 Å². The van der Waals surface area contributed by atoms with E-state index in [1.807, 2.05) is 0 Å². The summed E-state index contributed by atoms with van der Waals surface area (Å²) in [5, 5.41) is 2.95. The molecule has 102 valence electrons. The summed E-state index contributed by atoms with van der Waals surface area (Å²) < 4.78 is 10.9. The molecular formula is C13H23N3O2. The highest BCUT2D eigenvalue weighted by Crippen LogP contribution is 2.30. The standard InChI is InChI=1S/C13H23N3O2/c1-4-5-6-7-8-9-18-13-11(17-3)12(14-2)15-10-16-13/h10H,4-9H2,1-3H3,(H,14,15,16). The van der Waals surface area contributed by atoms with E-state index in [0.29, 0.717) is 24.1 Å². The molecule has 0 fully saturated rings. The fourth-order valence-electron chi connectivity index (χ4n) is 1.70. The van der Waals surface area contributed by atoms with Crippen LogP contribution in [0.15, 0.2) is 6.33 Å². The fourth-order valence-corrected chi connectivity index (χ4v) is 1.70. The van der Waals surface area contributed by atoms with Crippen LogP contribution in [0.3, 0.4) is 0 Å². The largest absolute Gasteiger partial charge is 0.489 e. The van der Waals surface area contributed by atoms with Crippen molar-refractivity contribution in [1.29, 1.82) is 0 Å². The Balaban J connectivity index is 2.41. The van der Waals surface area contributed by atoms with E-state index in [0.717, 1.165) is 6.42 Å². The number of hydrogen-bond acceptors (Lipinski definition) is 5. The number of unbranched alkanes of at least 4 members (excludes halogenated alkanes) is 4. The number of rotatable bonds is 9. The monoisotopic (exact) mass is 253 g/mol. The molecule has 1 N–H and O–H groups in total.